The van der Waals surface area contributed by atoms with Crippen molar-refractivity contribution in [3.8, 4) is 5.75 Å². The zero-order valence-corrected chi connectivity index (χ0v) is 13.4. The maximum atomic E-state index is 5.97. The molecule has 0 amide bonds. The second-order valence-electron chi connectivity index (χ2n) is 6.04. The molecule has 0 spiro atoms. The van der Waals surface area contributed by atoms with Crippen molar-refractivity contribution < 1.29 is 4.74 Å². The Balaban J connectivity index is 1.52. The Hall–Kier alpha value is -2.13. The topological polar surface area (TPSA) is 34.1 Å². The molecule has 0 aliphatic heterocycles. The van der Waals surface area contributed by atoms with E-state index in [4.69, 9.17) is 4.74 Å². The van der Waals surface area contributed by atoms with E-state index < -0.39 is 0 Å². The molecule has 0 bridgehead atoms. The van der Waals surface area contributed by atoms with Gasteiger partial charge in [0.2, 0.25) is 0 Å². The van der Waals surface area contributed by atoms with E-state index in [2.05, 4.69) is 34.6 Å². The fraction of sp³-hybridized carbons (Fsp3) is 0.350. The molecule has 3 nitrogen and oxygen atoms in total. The van der Waals surface area contributed by atoms with Crippen LogP contribution >= 0.6 is 0 Å². The van der Waals surface area contributed by atoms with Crippen molar-refractivity contribution in [2.45, 2.75) is 32.4 Å². The van der Waals surface area contributed by atoms with E-state index in [-0.39, 0.29) is 0 Å². The molecule has 1 N–H and O–H groups in total. The second-order valence-corrected chi connectivity index (χ2v) is 6.04. The Kier molecular flexibility index (Phi) is 5.81. The minimum atomic E-state index is 0.554. The molecule has 0 radical (unpaired) electrons. The largest absolute Gasteiger partial charge is 0.489 e. The van der Waals surface area contributed by atoms with Gasteiger partial charge in [-0.05, 0) is 43.9 Å². The van der Waals surface area contributed by atoms with Gasteiger partial charge in [0.25, 0.3) is 0 Å². The summed E-state index contributed by atoms with van der Waals surface area (Å²) in [7, 11) is 0. The van der Waals surface area contributed by atoms with Gasteiger partial charge in [-0.25, -0.2) is 0 Å². The molecular weight excluding hydrogens is 284 g/mol. The third-order valence-corrected chi connectivity index (χ3v) is 4.22. The average molecular weight is 308 g/mol. The van der Waals surface area contributed by atoms with E-state index in [1.54, 1.807) is 6.20 Å². The van der Waals surface area contributed by atoms with Crippen molar-refractivity contribution >= 4 is 0 Å². The molecule has 1 aliphatic carbocycles. The lowest BCUT2D eigenvalue weighted by molar-refractivity contribution is 0.301. The van der Waals surface area contributed by atoms with Gasteiger partial charge in [0.15, 0.2) is 0 Å². The molecule has 1 aliphatic rings. The fourth-order valence-corrected chi connectivity index (χ4v) is 2.89. The van der Waals surface area contributed by atoms with Crippen molar-refractivity contribution in [3.63, 3.8) is 0 Å². The first-order chi connectivity index (χ1) is 11.4. The predicted molar refractivity (Wildman–Crippen MR) is 93.2 cm³/mol. The van der Waals surface area contributed by atoms with Crippen LogP contribution in [-0.2, 0) is 13.2 Å². The SMILES string of the molecule is C1=CCC(CNCc2ccccc2OCc2cccnc2)CC1. The van der Waals surface area contributed by atoms with Gasteiger partial charge in [0, 0.05) is 30.1 Å². The maximum absolute atomic E-state index is 5.97. The molecule has 3 heteroatoms. The van der Waals surface area contributed by atoms with Crippen molar-refractivity contribution in [1.82, 2.24) is 10.3 Å². The minimum absolute atomic E-state index is 0.554. The Morgan fingerprint density at radius 2 is 2.09 bits per heavy atom. The molecule has 1 atom stereocenters. The number of benzene rings is 1. The third kappa shape index (κ3) is 4.93. The highest BCUT2D eigenvalue weighted by Gasteiger charge is 2.10. The standard InChI is InChI=1S/C20H24N2O/c1-2-7-17(8-3-1)13-22-15-19-10-4-5-11-20(19)23-16-18-9-6-12-21-14-18/h1-2,4-6,9-12,14,17,22H,3,7-8,13,15-16H2. The summed E-state index contributed by atoms with van der Waals surface area (Å²) < 4.78 is 5.97. The maximum Gasteiger partial charge on any atom is 0.124 e. The van der Waals surface area contributed by atoms with Gasteiger partial charge < -0.3 is 10.1 Å². The van der Waals surface area contributed by atoms with Crippen molar-refractivity contribution in [3.05, 3.63) is 72.1 Å². The van der Waals surface area contributed by atoms with Crippen LogP contribution in [-0.4, -0.2) is 11.5 Å². The van der Waals surface area contributed by atoms with Crippen LogP contribution in [0, 0.1) is 5.92 Å². The van der Waals surface area contributed by atoms with Gasteiger partial charge in [-0.3, -0.25) is 4.98 Å². The van der Waals surface area contributed by atoms with Crippen molar-refractivity contribution in [1.29, 1.82) is 0 Å². The lowest BCUT2D eigenvalue weighted by Gasteiger charge is -2.19. The van der Waals surface area contributed by atoms with E-state index >= 15 is 0 Å². The van der Waals surface area contributed by atoms with E-state index in [1.807, 2.05) is 30.5 Å². The van der Waals surface area contributed by atoms with E-state index in [0.717, 1.165) is 30.3 Å². The van der Waals surface area contributed by atoms with Crippen LogP contribution in [0.5, 0.6) is 5.75 Å². The minimum Gasteiger partial charge on any atom is -0.489 e. The third-order valence-electron chi connectivity index (χ3n) is 4.22. The molecule has 23 heavy (non-hydrogen) atoms. The monoisotopic (exact) mass is 308 g/mol. The first-order valence-electron chi connectivity index (χ1n) is 8.37. The molecule has 1 aromatic carbocycles. The number of nitrogens with one attached hydrogen (secondary N) is 1. The van der Waals surface area contributed by atoms with Crippen LogP contribution in [0.1, 0.15) is 30.4 Å². The highest BCUT2D eigenvalue weighted by Crippen LogP contribution is 2.20. The average Bonchev–Trinajstić information content (AvgIpc) is 2.63. The van der Waals surface area contributed by atoms with Crippen LogP contribution < -0.4 is 10.1 Å². The predicted octanol–water partition coefficient (Wildman–Crippen LogP) is 4.11. The fourth-order valence-electron chi connectivity index (χ4n) is 2.89. The van der Waals surface area contributed by atoms with Crippen LogP contribution in [0.4, 0.5) is 0 Å². The molecule has 1 aromatic heterocycles. The quantitative estimate of drug-likeness (QED) is 0.782. The van der Waals surface area contributed by atoms with Crippen LogP contribution in [0.25, 0.3) is 0 Å². The highest BCUT2D eigenvalue weighted by atomic mass is 16.5. The van der Waals surface area contributed by atoms with Crippen LogP contribution in [0.15, 0.2) is 60.9 Å². The summed E-state index contributed by atoms with van der Waals surface area (Å²) in [6.45, 7) is 2.48. The van der Waals surface area contributed by atoms with E-state index in [1.165, 1.54) is 24.8 Å². The summed E-state index contributed by atoms with van der Waals surface area (Å²) in [6.07, 6.45) is 11.9. The molecule has 120 valence electrons. The number of pyridine rings is 1. The molecular formula is C20H24N2O. The van der Waals surface area contributed by atoms with Gasteiger partial charge in [-0.2, -0.15) is 0 Å². The molecule has 1 heterocycles. The van der Waals surface area contributed by atoms with Crippen molar-refractivity contribution in [2.75, 3.05) is 6.54 Å². The molecule has 3 rings (SSSR count). The van der Waals surface area contributed by atoms with Gasteiger partial charge in [0.05, 0.1) is 0 Å². The smallest absolute Gasteiger partial charge is 0.124 e. The summed E-state index contributed by atoms with van der Waals surface area (Å²) in [5, 5.41) is 3.58. The first kappa shape index (κ1) is 15.8. The lowest BCUT2D eigenvalue weighted by atomic mass is 9.94. The van der Waals surface area contributed by atoms with E-state index in [0.29, 0.717) is 6.61 Å². The Bertz CT molecular complexity index is 625. The van der Waals surface area contributed by atoms with Gasteiger partial charge in [-0.1, -0.05) is 36.4 Å². The zero-order chi connectivity index (χ0) is 15.7. The molecule has 2 aromatic rings. The number of nitrogens with zero attached hydrogens (tertiary/aromatic N) is 1. The number of allylic oxidation sites excluding steroid dienone is 2. The number of hydrogen-bond donors (Lipinski definition) is 1. The summed E-state index contributed by atoms with van der Waals surface area (Å²) in [4.78, 5) is 4.12. The Morgan fingerprint density at radius 3 is 2.91 bits per heavy atom. The normalized spacial score (nSPS) is 17.1. The number of para-hydroxylation sites is 1. The van der Waals surface area contributed by atoms with Crippen LogP contribution in [0.2, 0.25) is 0 Å². The van der Waals surface area contributed by atoms with Gasteiger partial charge in [0.1, 0.15) is 12.4 Å². The summed E-state index contributed by atoms with van der Waals surface area (Å²) in [5.74, 6) is 1.72. The first-order valence-corrected chi connectivity index (χ1v) is 8.37. The number of hydrogen-bond acceptors (Lipinski definition) is 3. The van der Waals surface area contributed by atoms with Crippen LogP contribution in [0.3, 0.4) is 0 Å². The number of aromatic nitrogens is 1. The Labute approximate surface area is 138 Å². The van der Waals surface area contributed by atoms with Gasteiger partial charge in [-0.15, -0.1) is 0 Å². The molecule has 0 saturated carbocycles. The van der Waals surface area contributed by atoms with E-state index in [9.17, 15) is 0 Å². The molecule has 0 saturated heterocycles. The zero-order valence-electron chi connectivity index (χ0n) is 13.4. The second kappa shape index (κ2) is 8.49. The highest BCUT2D eigenvalue weighted by molar-refractivity contribution is 5.33. The van der Waals surface area contributed by atoms with Crippen molar-refractivity contribution in [2.24, 2.45) is 5.92 Å². The summed E-state index contributed by atoms with van der Waals surface area (Å²) in [5.41, 5.74) is 2.30. The summed E-state index contributed by atoms with van der Waals surface area (Å²) >= 11 is 0. The number of ether oxygens (including phenoxy) is 1. The summed E-state index contributed by atoms with van der Waals surface area (Å²) in [6, 6.07) is 12.2. The molecule has 1 unspecified atom stereocenters. The number of rotatable bonds is 7. The molecule has 0 fully saturated rings. The van der Waals surface area contributed by atoms with Gasteiger partial charge >= 0.3 is 0 Å². The Morgan fingerprint density at radius 1 is 1.13 bits per heavy atom. The lowest BCUT2D eigenvalue weighted by Crippen LogP contribution is -2.23.